The first-order valence-electron chi connectivity index (χ1n) is 8.50. The Kier molecular flexibility index (Phi) is 4.39. The summed E-state index contributed by atoms with van der Waals surface area (Å²) in [6.07, 6.45) is 0.379. The number of hydrogen-bond acceptors (Lipinski definition) is 5. The van der Waals surface area contributed by atoms with Crippen LogP contribution in [-0.2, 0) is 6.42 Å². The minimum Gasteiger partial charge on any atom is -0.345 e. The fourth-order valence-corrected chi connectivity index (χ4v) is 3.31. The van der Waals surface area contributed by atoms with Crippen molar-refractivity contribution < 1.29 is 18.1 Å². The molecule has 1 aliphatic rings. The van der Waals surface area contributed by atoms with Gasteiger partial charge >= 0.3 is 6.43 Å². The minimum atomic E-state index is -2.80. The third kappa shape index (κ3) is 3.30. The van der Waals surface area contributed by atoms with Crippen molar-refractivity contribution >= 4 is 5.91 Å². The molecule has 0 saturated heterocycles. The maximum Gasteiger partial charge on any atom is 0.315 e. The van der Waals surface area contributed by atoms with E-state index in [1.54, 1.807) is 31.3 Å². The highest BCUT2D eigenvalue weighted by Gasteiger charge is 2.26. The monoisotopic (exact) mass is 370 g/mol. The van der Waals surface area contributed by atoms with Gasteiger partial charge in [-0.1, -0.05) is 17.3 Å². The summed E-state index contributed by atoms with van der Waals surface area (Å²) in [6.45, 7) is 1.79. The molecule has 1 amide bonds. The number of halogens is 2. The van der Waals surface area contributed by atoms with Crippen LogP contribution in [0.1, 0.15) is 52.0 Å². The third-order valence-electron chi connectivity index (χ3n) is 4.66. The van der Waals surface area contributed by atoms with E-state index in [1.165, 1.54) is 0 Å². The summed E-state index contributed by atoms with van der Waals surface area (Å²) in [5.74, 6) is -0.726. The molecule has 1 unspecified atom stereocenters. The number of carbonyl (C=O) groups is 1. The molecule has 0 saturated carbocycles. The summed E-state index contributed by atoms with van der Waals surface area (Å²) in [5.41, 5.74) is 3.87. The van der Waals surface area contributed by atoms with Gasteiger partial charge in [0, 0.05) is 17.5 Å². The zero-order valence-corrected chi connectivity index (χ0v) is 14.4. The molecule has 0 aliphatic heterocycles. The number of nitrogens with zero attached hydrogens (tertiary/aromatic N) is 3. The standard InChI is InChI=1S/C19H16F2N4O2/c1-10-13(3-2-8-22-10)18(26)23-15-7-5-11-9-12(4-6-14(11)15)17-24-19(16(20)21)27-25-17/h2-4,6,8-9,15-16H,5,7H2,1H3,(H,23,26). The molecule has 1 N–H and O–H groups in total. The molecule has 6 nitrogen and oxygen atoms in total. The Morgan fingerprint density at radius 2 is 2.19 bits per heavy atom. The lowest BCUT2D eigenvalue weighted by Gasteiger charge is -2.15. The van der Waals surface area contributed by atoms with E-state index in [9.17, 15) is 13.6 Å². The Morgan fingerprint density at radius 1 is 1.33 bits per heavy atom. The van der Waals surface area contributed by atoms with Gasteiger partial charge in [-0.2, -0.15) is 13.8 Å². The number of aryl methyl sites for hydroxylation is 2. The lowest BCUT2D eigenvalue weighted by atomic mass is 10.0. The van der Waals surface area contributed by atoms with Gasteiger partial charge in [-0.15, -0.1) is 0 Å². The molecule has 0 radical (unpaired) electrons. The largest absolute Gasteiger partial charge is 0.345 e. The van der Waals surface area contributed by atoms with Gasteiger partial charge in [0.05, 0.1) is 11.6 Å². The summed E-state index contributed by atoms with van der Waals surface area (Å²) in [6, 6.07) is 8.85. The lowest BCUT2D eigenvalue weighted by molar-refractivity contribution is 0.0935. The van der Waals surface area contributed by atoms with Crippen LogP contribution in [0.2, 0.25) is 0 Å². The lowest BCUT2D eigenvalue weighted by Crippen LogP contribution is -2.27. The fraction of sp³-hybridized carbons (Fsp3) is 0.263. The van der Waals surface area contributed by atoms with E-state index in [1.807, 2.05) is 12.1 Å². The zero-order chi connectivity index (χ0) is 19.0. The molecule has 4 rings (SSSR count). The maximum atomic E-state index is 12.6. The molecule has 0 spiro atoms. The first-order valence-corrected chi connectivity index (χ1v) is 8.50. The number of alkyl halides is 2. The number of pyridine rings is 1. The molecule has 2 heterocycles. The van der Waals surface area contributed by atoms with Crippen LogP contribution in [0.3, 0.4) is 0 Å². The van der Waals surface area contributed by atoms with Crippen molar-refractivity contribution in [3.8, 4) is 11.4 Å². The van der Waals surface area contributed by atoms with Crippen molar-refractivity contribution in [1.82, 2.24) is 20.4 Å². The molecule has 0 fully saturated rings. The van der Waals surface area contributed by atoms with Crippen LogP contribution in [0, 0.1) is 6.92 Å². The van der Waals surface area contributed by atoms with E-state index in [0.29, 0.717) is 16.8 Å². The van der Waals surface area contributed by atoms with E-state index < -0.39 is 12.3 Å². The minimum absolute atomic E-state index is 0.108. The summed E-state index contributed by atoms with van der Waals surface area (Å²) in [7, 11) is 0. The van der Waals surface area contributed by atoms with E-state index in [4.69, 9.17) is 0 Å². The number of rotatable bonds is 4. The quantitative estimate of drug-likeness (QED) is 0.756. The first kappa shape index (κ1) is 17.3. The molecule has 1 aromatic carbocycles. The summed E-state index contributed by atoms with van der Waals surface area (Å²) in [5, 5.41) is 6.65. The molecule has 8 heteroatoms. The summed E-state index contributed by atoms with van der Waals surface area (Å²) in [4.78, 5) is 20.4. The molecule has 0 bridgehead atoms. The molecule has 3 aromatic rings. The van der Waals surface area contributed by atoms with Crippen molar-refractivity contribution in [1.29, 1.82) is 0 Å². The summed E-state index contributed by atoms with van der Waals surface area (Å²) < 4.78 is 29.8. The molecule has 1 atom stereocenters. The van der Waals surface area contributed by atoms with Gasteiger partial charge in [-0.05, 0) is 49.1 Å². The molecular weight excluding hydrogens is 354 g/mol. The highest BCUT2D eigenvalue weighted by Crippen LogP contribution is 2.34. The van der Waals surface area contributed by atoms with Crippen LogP contribution in [0.15, 0.2) is 41.1 Å². The highest BCUT2D eigenvalue weighted by molar-refractivity contribution is 5.95. The van der Waals surface area contributed by atoms with E-state index in [2.05, 4.69) is 25.0 Å². The van der Waals surface area contributed by atoms with Crippen LogP contribution in [0.4, 0.5) is 8.78 Å². The number of nitrogens with one attached hydrogen (secondary N) is 1. The normalized spacial score (nSPS) is 15.8. The first-order chi connectivity index (χ1) is 13.0. The zero-order valence-electron chi connectivity index (χ0n) is 14.4. The van der Waals surface area contributed by atoms with Gasteiger partial charge in [0.2, 0.25) is 5.82 Å². The van der Waals surface area contributed by atoms with Crippen LogP contribution in [0.25, 0.3) is 11.4 Å². The van der Waals surface area contributed by atoms with Crippen molar-refractivity contribution in [2.75, 3.05) is 0 Å². The van der Waals surface area contributed by atoms with Crippen molar-refractivity contribution in [3.63, 3.8) is 0 Å². The maximum absolute atomic E-state index is 12.6. The Morgan fingerprint density at radius 3 is 2.93 bits per heavy atom. The van der Waals surface area contributed by atoms with Crippen LogP contribution in [-0.4, -0.2) is 21.0 Å². The smallest absolute Gasteiger partial charge is 0.315 e. The van der Waals surface area contributed by atoms with Gasteiger partial charge < -0.3 is 9.84 Å². The molecule has 27 heavy (non-hydrogen) atoms. The number of fused-ring (bicyclic) bond motifs is 1. The Balaban J connectivity index is 1.54. The SMILES string of the molecule is Cc1ncccc1C(=O)NC1CCc2cc(-c3noc(C(F)F)n3)ccc21. The summed E-state index contributed by atoms with van der Waals surface area (Å²) >= 11 is 0. The Hall–Kier alpha value is -3.16. The Bertz CT molecular complexity index is 1000. The van der Waals surface area contributed by atoms with Crippen LogP contribution in [0.5, 0.6) is 0 Å². The predicted octanol–water partition coefficient (Wildman–Crippen LogP) is 3.79. The van der Waals surface area contributed by atoms with Gasteiger partial charge in [-0.25, -0.2) is 0 Å². The highest BCUT2D eigenvalue weighted by atomic mass is 19.3. The second-order valence-corrected chi connectivity index (χ2v) is 6.37. The van der Waals surface area contributed by atoms with Crippen molar-refractivity contribution in [2.24, 2.45) is 0 Å². The molecule has 1 aliphatic carbocycles. The second-order valence-electron chi connectivity index (χ2n) is 6.37. The van der Waals surface area contributed by atoms with Crippen molar-refractivity contribution in [3.05, 3.63) is 64.8 Å². The van der Waals surface area contributed by atoms with Gasteiger partial charge in [0.1, 0.15) is 0 Å². The average Bonchev–Trinajstić information content (AvgIpc) is 3.29. The fourth-order valence-electron chi connectivity index (χ4n) is 3.31. The van der Waals surface area contributed by atoms with Crippen molar-refractivity contribution in [2.45, 2.75) is 32.2 Å². The number of benzene rings is 1. The van der Waals surface area contributed by atoms with E-state index in [-0.39, 0.29) is 17.8 Å². The molecule has 138 valence electrons. The molecular formula is C19H16F2N4O2. The number of amides is 1. The average molecular weight is 370 g/mol. The number of carbonyl (C=O) groups excluding carboxylic acids is 1. The van der Waals surface area contributed by atoms with Gasteiger partial charge in [0.15, 0.2) is 0 Å². The Labute approximate surface area is 153 Å². The van der Waals surface area contributed by atoms with E-state index >= 15 is 0 Å². The second kappa shape index (κ2) is 6.86. The van der Waals surface area contributed by atoms with Gasteiger partial charge in [-0.3, -0.25) is 9.78 Å². The molecule has 2 aromatic heterocycles. The van der Waals surface area contributed by atoms with E-state index in [0.717, 1.165) is 24.0 Å². The van der Waals surface area contributed by atoms with Crippen LogP contribution < -0.4 is 5.32 Å². The predicted molar refractivity (Wildman–Crippen MR) is 92.2 cm³/mol. The third-order valence-corrected chi connectivity index (χ3v) is 4.66. The number of aromatic nitrogens is 3. The van der Waals surface area contributed by atoms with Gasteiger partial charge in [0.25, 0.3) is 11.8 Å². The number of hydrogen-bond donors (Lipinski definition) is 1. The topological polar surface area (TPSA) is 80.9 Å². The van der Waals surface area contributed by atoms with Crippen LogP contribution >= 0.6 is 0 Å².